The Labute approximate surface area is 119 Å². The van der Waals surface area contributed by atoms with Gasteiger partial charge in [-0.25, -0.2) is 0 Å². The maximum atomic E-state index is 5.61. The summed E-state index contributed by atoms with van der Waals surface area (Å²) >= 11 is 0. The zero-order valence-corrected chi connectivity index (χ0v) is 13.2. The van der Waals surface area contributed by atoms with E-state index in [0.717, 1.165) is 12.6 Å². The van der Waals surface area contributed by atoms with Crippen molar-refractivity contribution in [2.75, 3.05) is 20.2 Å². The first-order chi connectivity index (χ1) is 9.06. The molecule has 1 aliphatic carbocycles. The lowest BCUT2D eigenvalue weighted by Gasteiger charge is -2.51. The predicted octanol–water partition coefficient (Wildman–Crippen LogP) is 2.80. The number of methoxy groups -OCH3 is 1. The molecule has 3 heteroatoms. The van der Waals surface area contributed by atoms with E-state index in [-0.39, 0.29) is 5.54 Å². The highest BCUT2D eigenvalue weighted by atomic mass is 16.5. The number of hydrogen-bond acceptors (Lipinski definition) is 3. The maximum Gasteiger partial charge on any atom is 0.0586 e. The Morgan fingerprint density at radius 1 is 1.32 bits per heavy atom. The fourth-order valence-electron chi connectivity index (χ4n) is 3.85. The van der Waals surface area contributed by atoms with E-state index in [1.54, 1.807) is 0 Å². The van der Waals surface area contributed by atoms with Crippen molar-refractivity contribution in [3.63, 3.8) is 0 Å². The van der Waals surface area contributed by atoms with Crippen molar-refractivity contribution in [2.24, 2.45) is 0 Å². The number of rotatable bonds is 4. The molecule has 0 spiro atoms. The minimum absolute atomic E-state index is 0.282. The van der Waals surface area contributed by atoms with Gasteiger partial charge in [-0.1, -0.05) is 13.3 Å². The molecule has 1 saturated heterocycles. The van der Waals surface area contributed by atoms with E-state index in [4.69, 9.17) is 4.74 Å². The molecule has 112 valence electrons. The Bertz CT molecular complexity index is 280. The third-order valence-electron chi connectivity index (χ3n) is 5.03. The van der Waals surface area contributed by atoms with Crippen LogP contribution in [0.2, 0.25) is 0 Å². The van der Waals surface area contributed by atoms with Crippen molar-refractivity contribution in [1.29, 1.82) is 0 Å². The van der Waals surface area contributed by atoms with Gasteiger partial charge in [-0.3, -0.25) is 4.90 Å². The van der Waals surface area contributed by atoms with Gasteiger partial charge in [0.15, 0.2) is 0 Å². The molecule has 19 heavy (non-hydrogen) atoms. The lowest BCUT2D eigenvalue weighted by molar-refractivity contribution is -0.0280. The van der Waals surface area contributed by atoms with E-state index < -0.39 is 0 Å². The van der Waals surface area contributed by atoms with Crippen LogP contribution in [0.3, 0.4) is 0 Å². The Morgan fingerprint density at radius 3 is 2.79 bits per heavy atom. The number of hydrogen-bond donors (Lipinski definition) is 1. The molecule has 2 fully saturated rings. The SMILES string of the molecule is CCCC1CN(C2CCCC(OC)C2)C(C)(C)CN1. The topological polar surface area (TPSA) is 24.5 Å². The molecule has 2 rings (SSSR count). The van der Waals surface area contributed by atoms with Crippen molar-refractivity contribution < 1.29 is 4.74 Å². The standard InChI is InChI=1S/C16H32N2O/c1-5-7-13-11-18(16(2,3)12-17-13)14-8-6-9-15(10-14)19-4/h13-15,17H,5-12H2,1-4H3. The van der Waals surface area contributed by atoms with Gasteiger partial charge in [0.05, 0.1) is 6.10 Å². The molecule has 0 bridgehead atoms. The average molecular weight is 268 g/mol. The average Bonchev–Trinajstić information content (AvgIpc) is 2.41. The van der Waals surface area contributed by atoms with Gasteiger partial charge in [-0.05, 0) is 46.0 Å². The molecule has 0 aromatic heterocycles. The number of nitrogens with one attached hydrogen (secondary N) is 1. The summed E-state index contributed by atoms with van der Waals surface area (Å²) in [6.45, 7) is 9.39. The number of piperazine rings is 1. The van der Waals surface area contributed by atoms with Gasteiger partial charge in [0.25, 0.3) is 0 Å². The number of nitrogens with zero attached hydrogens (tertiary/aromatic N) is 1. The fraction of sp³-hybridized carbons (Fsp3) is 1.00. The van der Waals surface area contributed by atoms with Crippen LogP contribution in [0.1, 0.15) is 59.3 Å². The molecule has 0 radical (unpaired) electrons. The molecule has 1 N–H and O–H groups in total. The summed E-state index contributed by atoms with van der Waals surface area (Å²) in [4.78, 5) is 2.77. The molecule has 0 aromatic rings. The van der Waals surface area contributed by atoms with Crippen molar-refractivity contribution in [2.45, 2.75) is 83.0 Å². The van der Waals surface area contributed by atoms with Crippen LogP contribution in [0.15, 0.2) is 0 Å². The predicted molar refractivity (Wildman–Crippen MR) is 80.5 cm³/mol. The minimum Gasteiger partial charge on any atom is -0.381 e. The monoisotopic (exact) mass is 268 g/mol. The Balaban J connectivity index is 2.01. The molecule has 1 heterocycles. The second-order valence-corrected chi connectivity index (χ2v) is 7.01. The molecule has 0 aromatic carbocycles. The summed E-state index contributed by atoms with van der Waals surface area (Å²) in [6, 6.07) is 1.40. The Kier molecular flexibility index (Phi) is 5.27. The molecule has 1 aliphatic heterocycles. The van der Waals surface area contributed by atoms with Crippen LogP contribution in [0, 0.1) is 0 Å². The first-order valence-corrected chi connectivity index (χ1v) is 8.09. The molecule has 2 aliphatic rings. The van der Waals surface area contributed by atoms with Crippen LogP contribution in [-0.2, 0) is 4.74 Å². The summed E-state index contributed by atoms with van der Waals surface area (Å²) < 4.78 is 5.61. The van der Waals surface area contributed by atoms with Crippen LogP contribution in [-0.4, -0.2) is 48.8 Å². The zero-order valence-electron chi connectivity index (χ0n) is 13.2. The third-order valence-corrected chi connectivity index (χ3v) is 5.03. The highest BCUT2D eigenvalue weighted by Gasteiger charge is 2.39. The van der Waals surface area contributed by atoms with E-state index in [0.29, 0.717) is 12.1 Å². The van der Waals surface area contributed by atoms with Crippen molar-refractivity contribution in [3.05, 3.63) is 0 Å². The zero-order chi connectivity index (χ0) is 13.9. The largest absolute Gasteiger partial charge is 0.381 e. The quantitative estimate of drug-likeness (QED) is 0.848. The molecule has 3 unspecified atom stereocenters. The van der Waals surface area contributed by atoms with E-state index in [9.17, 15) is 0 Å². The minimum atomic E-state index is 0.282. The van der Waals surface area contributed by atoms with Gasteiger partial charge in [-0.2, -0.15) is 0 Å². The van der Waals surface area contributed by atoms with E-state index in [2.05, 4.69) is 31.0 Å². The molecule has 0 amide bonds. The van der Waals surface area contributed by atoms with Gasteiger partial charge in [-0.15, -0.1) is 0 Å². The van der Waals surface area contributed by atoms with Crippen LogP contribution >= 0.6 is 0 Å². The summed E-state index contributed by atoms with van der Waals surface area (Å²) in [5.41, 5.74) is 0.282. The molecular formula is C16H32N2O. The summed E-state index contributed by atoms with van der Waals surface area (Å²) in [6.07, 6.45) is 8.19. The van der Waals surface area contributed by atoms with E-state index in [1.165, 1.54) is 45.1 Å². The first-order valence-electron chi connectivity index (χ1n) is 8.09. The second kappa shape index (κ2) is 6.55. The van der Waals surface area contributed by atoms with Crippen LogP contribution in [0.5, 0.6) is 0 Å². The summed E-state index contributed by atoms with van der Waals surface area (Å²) in [5, 5.41) is 3.73. The smallest absolute Gasteiger partial charge is 0.0586 e. The van der Waals surface area contributed by atoms with Gasteiger partial charge in [0.1, 0.15) is 0 Å². The third kappa shape index (κ3) is 3.71. The normalized spacial score (nSPS) is 36.3. The van der Waals surface area contributed by atoms with Gasteiger partial charge >= 0.3 is 0 Å². The molecule has 1 saturated carbocycles. The summed E-state index contributed by atoms with van der Waals surface area (Å²) in [7, 11) is 1.87. The van der Waals surface area contributed by atoms with Crippen LogP contribution in [0.25, 0.3) is 0 Å². The van der Waals surface area contributed by atoms with Crippen LogP contribution < -0.4 is 5.32 Å². The highest BCUT2D eigenvalue weighted by molar-refractivity contribution is 4.97. The van der Waals surface area contributed by atoms with Crippen molar-refractivity contribution in [3.8, 4) is 0 Å². The fourth-order valence-corrected chi connectivity index (χ4v) is 3.85. The molecule has 3 atom stereocenters. The lowest BCUT2D eigenvalue weighted by atomic mass is 9.86. The van der Waals surface area contributed by atoms with Gasteiger partial charge < -0.3 is 10.1 Å². The van der Waals surface area contributed by atoms with Gasteiger partial charge in [0.2, 0.25) is 0 Å². The van der Waals surface area contributed by atoms with Gasteiger partial charge in [0, 0.05) is 37.8 Å². The second-order valence-electron chi connectivity index (χ2n) is 7.01. The maximum absolute atomic E-state index is 5.61. The van der Waals surface area contributed by atoms with E-state index in [1.807, 2.05) is 7.11 Å². The van der Waals surface area contributed by atoms with E-state index >= 15 is 0 Å². The highest BCUT2D eigenvalue weighted by Crippen LogP contribution is 2.31. The molecular weight excluding hydrogens is 236 g/mol. The van der Waals surface area contributed by atoms with Crippen molar-refractivity contribution >= 4 is 0 Å². The number of ether oxygens (including phenoxy) is 1. The van der Waals surface area contributed by atoms with Crippen LogP contribution in [0.4, 0.5) is 0 Å². The Morgan fingerprint density at radius 2 is 2.11 bits per heavy atom. The summed E-state index contributed by atoms with van der Waals surface area (Å²) in [5.74, 6) is 0. The first kappa shape index (κ1) is 15.3. The lowest BCUT2D eigenvalue weighted by Crippen LogP contribution is -2.65. The van der Waals surface area contributed by atoms with Crippen molar-refractivity contribution in [1.82, 2.24) is 10.2 Å². The Hall–Kier alpha value is -0.120. The molecule has 3 nitrogen and oxygen atoms in total.